The van der Waals surface area contributed by atoms with Crippen molar-refractivity contribution in [1.82, 2.24) is 29.9 Å². The molecule has 6 heterocycles. The Kier molecular flexibility index (Phi) is 23.3. The second kappa shape index (κ2) is 31.1. The van der Waals surface area contributed by atoms with Crippen LogP contribution < -0.4 is 21.4 Å². The number of benzene rings is 3. The molecule has 9 aromatic rings. The van der Waals surface area contributed by atoms with Crippen molar-refractivity contribution in [2.45, 2.75) is 96.2 Å². The van der Waals surface area contributed by atoms with Crippen LogP contribution in [0.4, 0.5) is 26.7 Å². The summed E-state index contributed by atoms with van der Waals surface area (Å²) in [5.74, 6) is 2.43. The van der Waals surface area contributed by atoms with Gasteiger partial charge in [0.2, 0.25) is 0 Å². The van der Waals surface area contributed by atoms with Crippen LogP contribution in [-0.2, 0) is 9.47 Å². The maximum atomic E-state index is 11.8. The number of nitrogen functional groups attached to an aromatic ring is 2. The number of amides is 1. The molecule has 6 aromatic heterocycles. The third-order valence-electron chi connectivity index (χ3n) is 13.1. The van der Waals surface area contributed by atoms with E-state index in [1.54, 1.807) is 82.6 Å². The van der Waals surface area contributed by atoms with Gasteiger partial charge in [-0.2, -0.15) is 0 Å². The lowest BCUT2D eigenvalue weighted by Crippen LogP contribution is -2.17. The Labute approximate surface area is 529 Å². The fraction of sp³-hybridized carbons (Fsp3) is 0.231. The van der Waals surface area contributed by atoms with E-state index < -0.39 is 11.5 Å². The SMILES string of the molecule is Brc1ccnc(C2CC2)c1.CC(C)OC(=O)Cl.CC(C)OC(=O)Nc1ccc(-c2cncc(-c3ccnc(C4CC4)c3)c2)c(Cl)c1.Nc1ccc(-c2cncc(-c3ccnc(C4CC4)c3)c2)c(Cl)c1.Nc1ccc(-c2cncc(O[B]O)c2)c(Cl)c1. The van der Waals surface area contributed by atoms with Crippen LogP contribution in [0.3, 0.4) is 0 Å². The van der Waals surface area contributed by atoms with Crippen molar-refractivity contribution in [2.75, 3.05) is 16.8 Å². The number of halogens is 5. The minimum Gasteiger partial charge on any atom is -0.536 e. The highest BCUT2D eigenvalue weighted by Crippen LogP contribution is 2.42. The summed E-state index contributed by atoms with van der Waals surface area (Å²) in [7, 11) is 0.603. The lowest BCUT2D eigenvalue weighted by molar-refractivity contribution is 0.130. The zero-order chi connectivity index (χ0) is 61.3. The van der Waals surface area contributed by atoms with Crippen LogP contribution >= 0.6 is 62.3 Å². The van der Waals surface area contributed by atoms with Crippen molar-refractivity contribution < 1.29 is 28.7 Å². The Morgan fingerprint density at radius 1 is 0.535 bits per heavy atom. The summed E-state index contributed by atoms with van der Waals surface area (Å²) < 4.78 is 15.4. The highest BCUT2D eigenvalue weighted by Gasteiger charge is 2.27. The van der Waals surface area contributed by atoms with Crippen molar-refractivity contribution in [3.63, 3.8) is 0 Å². The number of nitrogens with zero attached hydrogens (tertiary/aromatic N) is 6. The minimum absolute atomic E-state index is 0.106. The smallest absolute Gasteiger partial charge is 0.536 e. The van der Waals surface area contributed by atoms with Gasteiger partial charge in [0.25, 0.3) is 0 Å². The molecule has 12 rings (SSSR count). The summed E-state index contributed by atoms with van der Waals surface area (Å²) in [5.41, 5.74) is 25.7. The van der Waals surface area contributed by atoms with Gasteiger partial charge in [-0.25, -0.2) is 9.59 Å². The van der Waals surface area contributed by atoms with Gasteiger partial charge in [-0.05, 0) is 168 Å². The number of rotatable bonds is 13. The minimum atomic E-state index is -0.741. The van der Waals surface area contributed by atoms with Crippen LogP contribution in [0.2, 0.25) is 15.1 Å². The summed E-state index contributed by atoms with van der Waals surface area (Å²) in [6.45, 7) is 7.07. The zero-order valence-electron chi connectivity index (χ0n) is 47.5. The Bertz CT molecular complexity index is 3780. The molecule has 3 fully saturated rings. The first kappa shape index (κ1) is 64.4. The molecule has 3 aliphatic carbocycles. The van der Waals surface area contributed by atoms with Crippen LogP contribution in [-0.4, -0.2) is 66.3 Å². The van der Waals surface area contributed by atoms with Crippen LogP contribution in [0.1, 0.15) is 101 Å². The number of carbonyl (C=O) groups excluding carboxylic acids is 2. The van der Waals surface area contributed by atoms with Gasteiger partial charge >= 0.3 is 19.2 Å². The van der Waals surface area contributed by atoms with E-state index >= 15 is 0 Å². The molecule has 1 amide bonds. The van der Waals surface area contributed by atoms with Crippen molar-refractivity contribution in [3.8, 4) is 61.4 Å². The number of anilines is 3. The van der Waals surface area contributed by atoms with Crippen LogP contribution in [0.25, 0.3) is 55.6 Å². The van der Waals surface area contributed by atoms with Crippen LogP contribution in [0.5, 0.6) is 5.75 Å². The average Bonchev–Trinajstić information content (AvgIpc) is 4.04. The number of pyridine rings is 6. The molecule has 0 unspecified atom stereocenters. The summed E-state index contributed by atoms with van der Waals surface area (Å²) in [4.78, 5) is 47.6. The number of ether oxygens (including phenoxy) is 2. The molecule has 15 nitrogen and oxygen atoms in total. The van der Waals surface area contributed by atoms with Gasteiger partial charge in [-0.15, -0.1) is 0 Å². The Balaban J connectivity index is 0.000000150. The molecular formula is C65H62BBrCl4N9O6. The third-order valence-corrected chi connectivity index (χ3v) is 14.7. The fourth-order valence-corrected chi connectivity index (χ4v) is 9.99. The largest absolute Gasteiger partial charge is 0.569 e. The second-order valence-corrected chi connectivity index (χ2v) is 23.3. The number of nitrogens with one attached hydrogen (secondary N) is 1. The Morgan fingerprint density at radius 3 is 1.36 bits per heavy atom. The van der Waals surface area contributed by atoms with E-state index in [2.05, 4.69) is 86.2 Å². The quantitative estimate of drug-likeness (QED) is 0.0479. The molecule has 21 heteroatoms. The molecule has 441 valence electrons. The zero-order valence-corrected chi connectivity index (χ0v) is 52.1. The first-order chi connectivity index (χ1) is 41.4. The molecule has 3 saturated carbocycles. The predicted octanol–water partition coefficient (Wildman–Crippen LogP) is 17.6. The molecule has 0 saturated heterocycles. The Hall–Kier alpha value is -7.64. The third kappa shape index (κ3) is 20.0. The van der Waals surface area contributed by atoms with E-state index in [1.807, 2.05) is 73.6 Å². The predicted molar refractivity (Wildman–Crippen MR) is 349 cm³/mol. The summed E-state index contributed by atoms with van der Waals surface area (Å²) in [6, 6.07) is 34.5. The van der Waals surface area contributed by atoms with Gasteiger partial charge in [0.1, 0.15) is 5.75 Å². The molecule has 0 atom stereocenters. The first-order valence-corrected chi connectivity index (χ1v) is 30.0. The maximum absolute atomic E-state index is 11.8. The van der Waals surface area contributed by atoms with E-state index in [0.717, 1.165) is 71.7 Å². The van der Waals surface area contributed by atoms with Gasteiger partial charge in [0.15, 0.2) is 0 Å². The molecular weight excluding hydrogens is 1240 g/mol. The first-order valence-electron chi connectivity index (χ1n) is 27.7. The van der Waals surface area contributed by atoms with Gasteiger partial charge in [0, 0.05) is 162 Å². The van der Waals surface area contributed by atoms with Gasteiger partial charge in [0.05, 0.1) is 33.5 Å². The summed E-state index contributed by atoms with van der Waals surface area (Å²) >= 11 is 27.1. The van der Waals surface area contributed by atoms with Crippen molar-refractivity contribution >= 4 is 98.6 Å². The Morgan fingerprint density at radius 2 is 0.953 bits per heavy atom. The highest BCUT2D eigenvalue weighted by molar-refractivity contribution is 9.10. The lowest BCUT2D eigenvalue weighted by Gasteiger charge is -2.12. The van der Waals surface area contributed by atoms with E-state index in [0.29, 0.717) is 57.4 Å². The molecule has 0 aliphatic heterocycles. The van der Waals surface area contributed by atoms with E-state index in [1.165, 1.54) is 56.1 Å². The van der Waals surface area contributed by atoms with Crippen LogP contribution in [0.15, 0.2) is 169 Å². The van der Waals surface area contributed by atoms with E-state index in [-0.39, 0.29) is 12.2 Å². The van der Waals surface area contributed by atoms with Gasteiger partial charge < -0.3 is 30.6 Å². The molecule has 86 heavy (non-hydrogen) atoms. The monoisotopic (exact) mass is 1290 g/mol. The topological polar surface area (TPSA) is 223 Å². The number of nitrogens with two attached hydrogens (primary N) is 2. The maximum Gasteiger partial charge on any atom is 0.569 e. The molecule has 6 N–H and O–H groups in total. The number of carbonyl (C=O) groups is 2. The van der Waals surface area contributed by atoms with E-state index in [9.17, 15) is 9.59 Å². The summed E-state index contributed by atoms with van der Waals surface area (Å²) in [6.07, 6.45) is 22.9. The van der Waals surface area contributed by atoms with Crippen molar-refractivity contribution in [2.24, 2.45) is 0 Å². The van der Waals surface area contributed by atoms with Crippen LogP contribution in [0, 0.1) is 0 Å². The molecule has 1 radical (unpaired) electrons. The molecule has 0 bridgehead atoms. The van der Waals surface area contributed by atoms with Gasteiger partial charge in [-0.1, -0.05) is 68.9 Å². The average molecular weight is 1300 g/mol. The van der Waals surface area contributed by atoms with Crippen molar-refractivity contribution in [3.05, 3.63) is 202 Å². The second-order valence-electron chi connectivity index (χ2n) is 20.9. The number of hydrogen-bond donors (Lipinski definition) is 4. The van der Waals surface area contributed by atoms with Crippen molar-refractivity contribution in [1.29, 1.82) is 0 Å². The lowest BCUT2D eigenvalue weighted by atomic mass is 10.0. The van der Waals surface area contributed by atoms with E-state index in [4.69, 9.17) is 72.3 Å². The number of aromatic nitrogens is 6. The molecule has 3 aliphatic rings. The molecule has 0 spiro atoms. The molecule has 3 aromatic carbocycles. The van der Waals surface area contributed by atoms with Gasteiger partial charge in [-0.3, -0.25) is 35.2 Å². The fourth-order valence-electron chi connectivity index (χ4n) is 8.57. The summed E-state index contributed by atoms with van der Waals surface area (Å²) in [5, 5.41) is 12.9. The highest BCUT2D eigenvalue weighted by atomic mass is 79.9. The number of hydrogen-bond acceptors (Lipinski definition) is 14. The normalized spacial score (nSPS) is 13.0. The standard InChI is InChI=1S/C23H22ClN3O2.C19H16ClN3.C11H9BClN2O2.C8H8BrN.C4H7ClO2/c1-14(2)29-23(28)27-19-5-6-20(21(24)11-19)18-9-17(12-25-13-18)16-7-8-26-22(10-16)15-3-4-15;20-18-9-16(21)3-4-17(18)15-7-14(10-22-11-15)13-5-6-23-19(8-13)12-1-2-12;13-11-4-8(14)1-2-10(11)7-3-9(17-12-16)6-15-5-7;9-7-3-4-10-8(5-7)6-1-2-6;1-3(2)7-4(5)6/h5-15H,3-4H2,1-2H3,(H,27,28);3-12H,1-2,21H2;1-6,16H,14H2;3-6H,1-2H2;3H,1-2H3.